The SMILES string of the molecule is CC(C)CCOCCOc1c(C#N)oc2ccccc12. The topological polar surface area (TPSA) is 55.4 Å². The maximum absolute atomic E-state index is 9.07. The molecule has 0 bridgehead atoms. The monoisotopic (exact) mass is 273 g/mol. The molecule has 1 aromatic carbocycles. The highest BCUT2D eigenvalue weighted by Gasteiger charge is 2.14. The number of hydrogen-bond acceptors (Lipinski definition) is 4. The molecule has 0 saturated carbocycles. The maximum atomic E-state index is 9.07. The zero-order valence-electron chi connectivity index (χ0n) is 11.9. The minimum Gasteiger partial charge on any atom is -0.486 e. The number of rotatable bonds is 7. The van der Waals surface area contributed by atoms with E-state index < -0.39 is 0 Å². The first-order valence-electron chi connectivity index (χ1n) is 6.84. The summed E-state index contributed by atoms with van der Waals surface area (Å²) < 4.78 is 16.6. The van der Waals surface area contributed by atoms with E-state index in [9.17, 15) is 0 Å². The number of para-hydroxylation sites is 1. The number of hydrogen-bond donors (Lipinski definition) is 0. The first-order valence-corrected chi connectivity index (χ1v) is 6.84. The average molecular weight is 273 g/mol. The molecule has 1 aromatic heterocycles. The summed E-state index contributed by atoms with van der Waals surface area (Å²) in [6, 6.07) is 9.49. The van der Waals surface area contributed by atoms with Crippen molar-refractivity contribution < 1.29 is 13.9 Å². The van der Waals surface area contributed by atoms with Crippen LogP contribution in [-0.4, -0.2) is 19.8 Å². The highest BCUT2D eigenvalue weighted by molar-refractivity contribution is 5.86. The van der Waals surface area contributed by atoms with Gasteiger partial charge in [-0.1, -0.05) is 26.0 Å². The van der Waals surface area contributed by atoms with Crippen molar-refractivity contribution in [1.29, 1.82) is 5.26 Å². The van der Waals surface area contributed by atoms with E-state index in [1.165, 1.54) is 0 Å². The molecule has 4 nitrogen and oxygen atoms in total. The Hall–Kier alpha value is -1.99. The van der Waals surface area contributed by atoms with Gasteiger partial charge in [0.25, 0.3) is 0 Å². The molecule has 1 heterocycles. The summed E-state index contributed by atoms with van der Waals surface area (Å²) in [6.45, 7) is 5.99. The number of ether oxygens (including phenoxy) is 2. The van der Waals surface area contributed by atoms with E-state index in [1.54, 1.807) is 0 Å². The second-order valence-corrected chi connectivity index (χ2v) is 5.01. The fourth-order valence-electron chi connectivity index (χ4n) is 1.86. The Morgan fingerprint density at radius 1 is 1.20 bits per heavy atom. The summed E-state index contributed by atoms with van der Waals surface area (Å²) in [6.07, 6.45) is 1.04. The van der Waals surface area contributed by atoms with Crippen molar-refractivity contribution in [3.05, 3.63) is 30.0 Å². The molecule has 0 fully saturated rings. The van der Waals surface area contributed by atoms with E-state index in [-0.39, 0.29) is 5.76 Å². The third kappa shape index (κ3) is 3.52. The Labute approximate surface area is 118 Å². The van der Waals surface area contributed by atoms with Crippen molar-refractivity contribution in [2.24, 2.45) is 5.92 Å². The largest absolute Gasteiger partial charge is 0.486 e. The van der Waals surface area contributed by atoms with Crippen molar-refractivity contribution >= 4 is 11.0 Å². The lowest BCUT2D eigenvalue weighted by Gasteiger charge is -2.07. The van der Waals surface area contributed by atoms with E-state index >= 15 is 0 Å². The summed E-state index contributed by atoms with van der Waals surface area (Å²) in [5.74, 6) is 1.36. The third-order valence-electron chi connectivity index (χ3n) is 2.97. The van der Waals surface area contributed by atoms with Crippen LogP contribution in [-0.2, 0) is 4.74 Å². The van der Waals surface area contributed by atoms with Crippen LogP contribution >= 0.6 is 0 Å². The summed E-state index contributed by atoms with van der Waals surface area (Å²) in [7, 11) is 0. The van der Waals surface area contributed by atoms with Gasteiger partial charge in [0.1, 0.15) is 18.3 Å². The number of nitrogens with zero attached hydrogens (tertiary/aromatic N) is 1. The fraction of sp³-hybridized carbons (Fsp3) is 0.438. The Morgan fingerprint density at radius 3 is 2.75 bits per heavy atom. The van der Waals surface area contributed by atoms with Crippen molar-refractivity contribution in [2.75, 3.05) is 19.8 Å². The first kappa shape index (κ1) is 14.4. The van der Waals surface area contributed by atoms with E-state index in [0.717, 1.165) is 18.4 Å². The molecule has 0 N–H and O–H groups in total. The standard InChI is InChI=1S/C16H19NO3/c1-12(2)7-8-18-9-10-19-16-13-5-3-4-6-14(13)20-15(16)11-17/h3-6,12H,7-10H2,1-2H3. The zero-order valence-corrected chi connectivity index (χ0v) is 11.9. The Morgan fingerprint density at radius 2 is 2.00 bits per heavy atom. The van der Waals surface area contributed by atoms with Gasteiger partial charge < -0.3 is 13.9 Å². The number of furan rings is 1. The van der Waals surface area contributed by atoms with Crippen LogP contribution in [0.25, 0.3) is 11.0 Å². The molecule has 0 aliphatic rings. The van der Waals surface area contributed by atoms with Gasteiger partial charge in [0.15, 0.2) is 5.75 Å². The van der Waals surface area contributed by atoms with Gasteiger partial charge >= 0.3 is 0 Å². The third-order valence-corrected chi connectivity index (χ3v) is 2.97. The Kier molecular flexibility index (Phi) is 5.03. The molecular formula is C16H19NO3. The molecule has 2 rings (SSSR count). The molecule has 0 aliphatic heterocycles. The summed E-state index contributed by atoms with van der Waals surface area (Å²) >= 11 is 0. The van der Waals surface area contributed by atoms with Gasteiger partial charge in [-0.3, -0.25) is 0 Å². The lowest BCUT2D eigenvalue weighted by molar-refractivity contribution is 0.0926. The average Bonchev–Trinajstić information content (AvgIpc) is 2.80. The Balaban J connectivity index is 1.91. The molecule has 0 spiro atoms. The van der Waals surface area contributed by atoms with Gasteiger partial charge in [-0.2, -0.15) is 5.26 Å². The second-order valence-electron chi connectivity index (χ2n) is 5.01. The maximum Gasteiger partial charge on any atom is 0.246 e. The first-order chi connectivity index (χ1) is 9.72. The molecule has 0 radical (unpaired) electrons. The van der Waals surface area contributed by atoms with E-state index in [4.69, 9.17) is 19.2 Å². The van der Waals surface area contributed by atoms with Crippen LogP contribution in [0.15, 0.2) is 28.7 Å². The van der Waals surface area contributed by atoms with Crippen LogP contribution < -0.4 is 4.74 Å². The smallest absolute Gasteiger partial charge is 0.246 e. The predicted octanol–water partition coefficient (Wildman–Crippen LogP) is 3.75. The summed E-state index contributed by atoms with van der Waals surface area (Å²) in [4.78, 5) is 0. The van der Waals surface area contributed by atoms with E-state index in [1.807, 2.05) is 30.3 Å². The molecule has 0 amide bonds. The fourth-order valence-corrected chi connectivity index (χ4v) is 1.86. The molecule has 20 heavy (non-hydrogen) atoms. The molecule has 0 aliphatic carbocycles. The Bertz CT molecular complexity index is 595. The van der Waals surface area contributed by atoms with Crippen LogP contribution in [0.3, 0.4) is 0 Å². The quantitative estimate of drug-likeness (QED) is 0.721. The van der Waals surface area contributed by atoms with Crippen molar-refractivity contribution in [3.63, 3.8) is 0 Å². The van der Waals surface area contributed by atoms with Crippen LogP contribution in [0.2, 0.25) is 0 Å². The molecule has 4 heteroatoms. The predicted molar refractivity (Wildman–Crippen MR) is 76.7 cm³/mol. The molecule has 0 unspecified atom stereocenters. The molecular weight excluding hydrogens is 254 g/mol. The van der Waals surface area contributed by atoms with Crippen LogP contribution in [0.1, 0.15) is 26.0 Å². The van der Waals surface area contributed by atoms with Gasteiger partial charge in [-0.15, -0.1) is 0 Å². The molecule has 0 saturated heterocycles. The van der Waals surface area contributed by atoms with Crippen LogP contribution in [0.5, 0.6) is 5.75 Å². The van der Waals surface area contributed by atoms with Gasteiger partial charge in [0, 0.05) is 6.61 Å². The lowest BCUT2D eigenvalue weighted by Crippen LogP contribution is -2.08. The minimum atomic E-state index is 0.216. The van der Waals surface area contributed by atoms with Gasteiger partial charge in [0.2, 0.25) is 5.76 Å². The molecule has 2 aromatic rings. The summed E-state index contributed by atoms with van der Waals surface area (Å²) in [5.41, 5.74) is 0.666. The number of fused-ring (bicyclic) bond motifs is 1. The van der Waals surface area contributed by atoms with E-state index in [2.05, 4.69) is 13.8 Å². The summed E-state index contributed by atoms with van der Waals surface area (Å²) in [5, 5.41) is 9.89. The van der Waals surface area contributed by atoms with Crippen molar-refractivity contribution in [1.82, 2.24) is 0 Å². The van der Waals surface area contributed by atoms with Crippen molar-refractivity contribution in [3.8, 4) is 11.8 Å². The number of nitriles is 1. The highest BCUT2D eigenvalue weighted by atomic mass is 16.5. The van der Waals surface area contributed by atoms with Gasteiger partial charge in [0.05, 0.1) is 12.0 Å². The van der Waals surface area contributed by atoms with Crippen molar-refractivity contribution in [2.45, 2.75) is 20.3 Å². The second kappa shape index (κ2) is 6.97. The molecule has 106 valence electrons. The lowest BCUT2D eigenvalue weighted by atomic mass is 10.1. The zero-order chi connectivity index (χ0) is 14.4. The minimum absolute atomic E-state index is 0.216. The van der Waals surface area contributed by atoms with Crippen LogP contribution in [0, 0.1) is 17.2 Å². The normalized spacial score (nSPS) is 10.9. The van der Waals surface area contributed by atoms with Gasteiger partial charge in [-0.25, -0.2) is 0 Å². The van der Waals surface area contributed by atoms with Gasteiger partial charge in [-0.05, 0) is 24.5 Å². The number of benzene rings is 1. The van der Waals surface area contributed by atoms with Crippen LogP contribution in [0.4, 0.5) is 0 Å². The molecule has 0 atom stereocenters. The van der Waals surface area contributed by atoms with E-state index in [0.29, 0.717) is 30.5 Å². The highest BCUT2D eigenvalue weighted by Crippen LogP contribution is 2.32.